The summed E-state index contributed by atoms with van der Waals surface area (Å²) in [5.74, 6) is -1.75. The highest BCUT2D eigenvalue weighted by Gasteiger charge is 2.27. The Morgan fingerprint density at radius 1 is 1.12 bits per heavy atom. The van der Waals surface area contributed by atoms with Crippen LogP contribution < -0.4 is 11.5 Å². The Hall–Kier alpha value is -1.63. The number of rotatable bonds is 8. The van der Waals surface area contributed by atoms with Crippen LogP contribution in [0.25, 0.3) is 0 Å². The van der Waals surface area contributed by atoms with Crippen molar-refractivity contribution in [2.75, 3.05) is 19.7 Å². The molecule has 7 nitrogen and oxygen atoms in total. The van der Waals surface area contributed by atoms with E-state index in [4.69, 9.17) is 16.2 Å². The summed E-state index contributed by atoms with van der Waals surface area (Å²) in [6, 6.07) is -0.685. The Kier molecular flexibility index (Phi) is 6.88. The number of hydrogen-bond donors (Lipinski definition) is 2. The zero-order chi connectivity index (χ0) is 13.4. The number of nitrogens with two attached hydrogens (primary N) is 2. The molecule has 0 radical (unpaired) electrons. The average Bonchev–Trinajstić information content (AvgIpc) is 2.16. The maximum atomic E-state index is 11.6. The lowest BCUT2D eigenvalue weighted by atomic mass is 10.2. The summed E-state index contributed by atoms with van der Waals surface area (Å²) in [6.45, 7) is 3.24. The molecule has 1 atom stereocenters. The Morgan fingerprint density at radius 2 is 1.59 bits per heavy atom. The van der Waals surface area contributed by atoms with Crippen LogP contribution in [0.5, 0.6) is 0 Å². The van der Waals surface area contributed by atoms with Crippen molar-refractivity contribution in [3.63, 3.8) is 0 Å². The number of primary amides is 2. The smallest absolute Gasteiger partial charge is 0.323 e. The fraction of sp³-hybridized carbons (Fsp3) is 0.700. The SMILES string of the molecule is CCOC(=O)C(CC)N(CC(N)=O)CC(N)=O. The minimum Gasteiger partial charge on any atom is -0.465 e. The van der Waals surface area contributed by atoms with Crippen molar-refractivity contribution in [2.24, 2.45) is 11.5 Å². The van der Waals surface area contributed by atoms with Gasteiger partial charge in [0.2, 0.25) is 11.8 Å². The number of nitrogens with zero attached hydrogens (tertiary/aromatic N) is 1. The van der Waals surface area contributed by atoms with Crippen LogP contribution in [0.4, 0.5) is 0 Å². The van der Waals surface area contributed by atoms with Crippen LogP contribution >= 0.6 is 0 Å². The molecule has 7 heteroatoms. The molecule has 2 amide bonds. The lowest BCUT2D eigenvalue weighted by Crippen LogP contribution is -2.49. The third kappa shape index (κ3) is 5.86. The third-order valence-electron chi connectivity index (χ3n) is 2.10. The molecule has 0 rings (SSSR count). The van der Waals surface area contributed by atoms with Gasteiger partial charge in [0.1, 0.15) is 6.04 Å². The molecule has 17 heavy (non-hydrogen) atoms. The second kappa shape index (κ2) is 7.61. The Morgan fingerprint density at radius 3 is 1.88 bits per heavy atom. The second-order valence-corrected chi connectivity index (χ2v) is 3.51. The Balaban J connectivity index is 4.75. The van der Waals surface area contributed by atoms with Crippen molar-refractivity contribution in [3.8, 4) is 0 Å². The first-order chi connectivity index (χ1) is 7.92. The molecular formula is C10H19N3O4. The lowest BCUT2D eigenvalue weighted by molar-refractivity contribution is -0.150. The van der Waals surface area contributed by atoms with Gasteiger partial charge in [-0.1, -0.05) is 6.92 Å². The van der Waals surface area contributed by atoms with Gasteiger partial charge in [-0.25, -0.2) is 0 Å². The molecule has 0 bridgehead atoms. The molecule has 0 aliphatic heterocycles. The van der Waals surface area contributed by atoms with Gasteiger partial charge in [0, 0.05) is 0 Å². The first-order valence-electron chi connectivity index (χ1n) is 5.39. The molecule has 98 valence electrons. The largest absolute Gasteiger partial charge is 0.465 e. The molecule has 0 spiro atoms. The van der Waals surface area contributed by atoms with E-state index in [0.717, 1.165) is 0 Å². The zero-order valence-corrected chi connectivity index (χ0v) is 10.1. The molecule has 0 aliphatic carbocycles. The van der Waals surface area contributed by atoms with Gasteiger partial charge in [-0.05, 0) is 13.3 Å². The summed E-state index contributed by atoms with van der Waals surface area (Å²) in [7, 11) is 0. The standard InChI is InChI=1S/C10H19N3O4/c1-3-7(10(16)17-4-2)13(5-8(11)14)6-9(12)15/h7H,3-6H2,1-2H3,(H2,11,14)(H2,12,15). The van der Waals surface area contributed by atoms with Crippen molar-refractivity contribution < 1.29 is 19.1 Å². The summed E-state index contributed by atoms with van der Waals surface area (Å²) in [6.07, 6.45) is 0.402. The highest BCUT2D eigenvalue weighted by atomic mass is 16.5. The first kappa shape index (κ1) is 15.4. The molecule has 0 fully saturated rings. The van der Waals surface area contributed by atoms with Gasteiger partial charge in [0.05, 0.1) is 19.7 Å². The van der Waals surface area contributed by atoms with Gasteiger partial charge in [-0.15, -0.1) is 0 Å². The van der Waals surface area contributed by atoms with Crippen molar-refractivity contribution in [1.82, 2.24) is 4.90 Å². The van der Waals surface area contributed by atoms with E-state index in [2.05, 4.69) is 0 Å². The number of amides is 2. The predicted molar refractivity (Wildman–Crippen MR) is 60.7 cm³/mol. The molecule has 0 heterocycles. The van der Waals surface area contributed by atoms with Gasteiger partial charge in [0.25, 0.3) is 0 Å². The van der Waals surface area contributed by atoms with E-state index in [9.17, 15) is 14.4 Å². The highest BCUT2D eigenvalue weighted by Crippen LogP contribution is 2.06. The fourth-order valence-corrected chi connectivity index (χ4v) is 1.49. The van der Waals surface area contributed by atoms with Crippen LogP contribution in [0.1, 0.15) is 20.3 Å². The topological polar surface area (TPSA) is 116 Å². The summed E-state index contributed by atoms with van der Waals surface area (Å²) >= 11 is 0. The lowest BCUT2D eigenvalue weighted by Gasteiger charge is -2.26. The van der Waals surface area contributed by atoms with Gasteiger partial charge < -0.3 is 16.2 Å². The maximum absolute atomic E-state index is 11.6. The van der Waals surface area contributed by atoms with E-state index >= 15 is 0 Å². The second-order valence-electron chi connectivity index (χ2n) is 3.51. The molecule has 0 aromatic rings. The number of carbonyl (C=O) groups excluding carboxylic acids is 3. The van der Waals surface area contributed by atoms with E-state index < -0.39 is 23.8 Å². The van der Waals surface area contributed by atoms with Crippen LogP contribution in [-0.4, -0.2) is 48.4 Å². The van der Waals surface area contributed by atoms with Gasteiger partial charge >= 0.3 is 5.97 Å². The number of ether oxygens (including phenoxy) is 1. The molecule has 4 N–H and O–H groups in total. The van der Waals surface area contributed by atoms with Gasteiger partial charge in [-0.3, -0.25) is 19.3 Å². The zero-order valence-electron chi connectivity index (χ0n) is 10.1. The monoisotopic (exact) mass is 245 g/mol. The van der Waals surface area contributed by atoms with Crippen molar-refractivity contribution in [3.05, 3.63) is 0 Å². The normalized spacial score (nSPS) is 12.2. The van der Waals surface area contributed by atoms with Crippen LogP contribution in [0, 0.1) is 0 Å². The Labute approximate surface area is 100 Å². The molecule has 0 saturated carbocycles. The number of hydrogen-bond acceptors (Lipinski definition) is 5. The maximum Gasteiger partial charge on any atom is 0.323 e. The third-order valence-corrected chi connectivity index (χ3v) is 2.10. The van der Waals surface area contributed by atoms with Crippen LogP contribution in [0.3, 0.4) is 0 Å². The summed E-state index contributed by atoms with van der Waals surface area (Å²) in [5, 5.41) is 0. The average molecular weight is 245 g/mol. The van der Waals surface area contributed by atoms with Gasteiger partial charge in [-0.2, -0.15) is 0 Å². The highest BCUT2D eigenvalue weighted by molar-refractivity contribution is 5.82. The van der Waals surface area contributed by atoms with E-state index in [0.29, 0.717) is 6.42 Å². The van der Waals surface area contributed by atoms with Gasteiger partial charge in [0.15, 0.2) is 0 Å². The number of carbonyl (C=O) groups is 3. The number of esters is 1. The van der Waals surface area contributed by atoms with E-state index in [1.807, 2.05) is 0 Å². The summed E-state index contributed by atoms with van der Waals surface area (Å²) in [5.41, 5.74) is 10.1. The van der Waals surface area contributed by atoms with Crippen LogP contribution in [0.2, 0.25) is 0 Å². The molecular weight excluding hydrogens is 226 g/mol. The first-order valence-corrected chi connectivity index (χ1v) is 5.39. The van der Waals surface area contributed by atoms with E-state index in [-0.39, 0.29) is 19.7 Å². The molecule has 1 unspecified atom stereocenters. The van der Waals surface area contributed by atoms with Crippen LogP contribution in [0.15, 0.2) is 0 Å². The molecule has 0 aromatic heterocycles. The molecule has 0 aromatic carbocycles. The van der Waals surface area contributed by atoms with Crippen molar-refractivity contribution >= 4 is 17.8 Å². The van der Waals surface area contributed by atoms with Crippen molar-refractivity contribution in [2.45, 2.75) is 26.3 Å². The summed E-state index contributed by atoms with van der Waals surface area (Å²) in [4.78, 5) is 34.7. The molecule has 0 aliphatic rings. The van der Waals surface area contributed by atoms with Crippen molar-refractivity contribution in [1.29, 1.82) is 0 Å². The Bertz CT molecular complexity index is 277. The predicted octanol–water partition coefficient (Wildman–Crippen LogP) is -1.40. The minimum atomic E-state index is -0.685. The molecule has 0 saturated heterocycles. The summed E-state index contributed by atoms with van der Waals surface area (Å²) < 4.78 is 4.85. The van der Waals surface area contributed by atoms with Crippen LogP contribution in [-0.2, 0) is 19.1 Å². The quantitative estimate of drug-likeness (QED) is 0.510. The fourth-order valence-electron chi connectivity index (χ4n) is 1.49. The van der Waals surface area contributed by atoms with E-state index in [1.165, 1.54) is 4.90 Å². The van der Waals surface area contributed by atoms with E-state index in [1.54, 1.807) is 13.8 Å². The minimum absolute atomic E-state index is 0.208.